The van der Waals surface area contributed by atoms with E-state index in [1.165, 1.54) is 0 Å². The first-order chi connectivity index (χ1) is 10.7. The quantitative estimate of drug-likeness (QED) is 0.785. The molecule has 122 valence electrons. The van der Waals surface area contributed by atoms with Crippen molar-refractivity contribution < 1.29 is 14.6 Å². The van der Waals surface area contributed by atoms with Crippen molar-refractivity contribution in [2.75, 3.05) is 7.11 Å². The van der Waals surface area contributed by atoms with Crippen molar-refractivity contribution in [2.24, 2.45) is 0 Å². The maximum absolute atomic E-state index is 9.12. The fourth-order valence-corrected chi connectivity index (χ4v) is 1.74. The second-order valence-electron chi connectivity index (χ2n) is 3.70. The zero-order valence-electron chi connectivity index (χ0n) is 13.9. The molecule has 0 unspecified atom stereocenters. The van der Waals surface area contributed by atoms with Crippen LogP contribution < -0.4 is 9.47 Å². The van der Waals surface area contributed by atoms with Crippen LogP contribution in [0.4, 0.5) is 0 Å². The first kappa shape index (κ1) is 20.3. The number of hydrogen-bond acceptors (Lipinski definition) is 3. The summed E-state index contributed by atoms with van der Waals surface area (Å²) in [5, 5.41) is 9.72. The molecule has 0 aliphatic heterocycles. The molecule has 2 rings (SSSR count). The van der Waals surface area contributed by atoms with Gasteiger partial charge in [0.25, 0.3) is 0 Å². The van der Waals surface area contributed by atoms with Gasteiger partial charge in [-0.25, -0.2) is 0 Å². The summed E-state index contributed by atoms with van der Waals surface area (Å²) < 4.78 is 10.9. The molecule has 22 heavy (non-hydrogen) atoms. The standard InChI is InChI=1S/C14H13ClO3.2C2H6/c1-17-13-6-5-10(9-16)7-14(13)18-12-4-2-3-11(15)8-12;2*1-2/h2-8,16H,9H2,1H3;2*1-2H3. The Balaban J connectivity index is 0.00000102. The molecule has 0 aromatic heterocycles. The topological polar surface area (TPSA) is 38.7 Å². The van der Waals surface area contributed by atoms with Gasteiger partial charge in [-0.05, 0) is 35.9 Å². The highest BCUT2D eigenvalue weighted by atomic mass is 35.5. The first-order valence-corrected chi connectivity index (χ1v) is 7.82. The molecule has 0 radical (unpaired) electrons. The van der Waals surface area contributed by atoms with Crippen LogP contribution in [0.1, 0.15) is 33.3 Å². The minimum atomic E-state index is -0.0457. The molecule has 2 aromatic carbocycles. The van der Waals surface area contributed by atoms with Gasteiger partial charge in [0.2, 0.25) is 0 Å². The summed E-state index contributed by atoms with van der Waals surface area (Å²) in [6.45, 7) is 7.95. The number of benzene rings is 2. The van der Waals surface area contributed by atoms with Crippen molar-refractivity contribution in [2.45, 2.75) is 34.3 Å². The van der Waals surface area contributed by atoms with Crippen LogP contribution in [0.25, 0.3) is 0 Å². The van der Waals surface area contributed by atoms with E-state index in [2.05, 4.69) is 0 Å². The summed E-state index contributed by atoms with van der Waals surface area (Å²) in [7, 11) is 1.57. The van der Waals surface area contributed by atoms with E-state index >= 15 is 0 Å². The van der Waals surface area contributed by atoms with Gasteiger partial charge in [0.1, 0.15) is 5.75 Å². The fourth-order valence-electron chi connectivity index (χ4n) is 1.56. The molecule has 0 heterocycles. The number of methoxy groups -OCH3 is 1. The van der Waals surface area contributed by atoms with Crippen molar-refractivity contribution in [3.63, 3.8) is 0 Å². The Labute approximate surface area is 138 Å². The van der Waals surface area contributed by atoms with Crippen molar-refractivity contribution in [3.8, 4) is 17.2 Å². The number of hydrogen-bond donors (Lipinski definition) is 1. The molecular weight excluding hydrogens is 300 g/mol. The Morgan fingerprint density at radius 3 is 2.18 bits per heavy atom. The van der Waals surface area contributed by atoms with Gasteiger partial charge in [0.05, 0.1) is 13.7 Å². The lowest BCUT2D eigenvalue weighted by Crippen LogP contribution is -1.92. The van der Waals surface area contributed by atoms with Crippen molar-refractivity contribution in [1.29, 1.82) is 0 Å². The fraction of sp³-hybridized carbons (Fsp3) is 0.333. The molecule has 0 amide bonds. The zero-order valence-corrected chi connectivity index (χ0v) is 14.6. The van der Waals surface area contributed by atoms with Crippen LogP contribution in [0.3, 0.4) is 0 Å². The Morgan fingerprint density at radius 2 is 1.64 bits per heavy atom. The summed E-state index contributed by atoms with van der Waals surface area (Å²) in [5.74, 6) is 1.77. The minimum Gasteiger partial charge on any atom is -0.493 e. The number of halogens is 1. The van der Waals surface area contributed by atoms with Gasteiger partial charge < -0.3 is 14.6 Å². The first-order valence-electron chi connectivity index (χ1n) is 7.44. The third-order valence-corrected chi connectivity index (χ3v) is 2.67. The van der Waals surface area contributed by atoms with Gasteiger partial charge in [-0.1, -0.05) is 51.4 Å². The van der Waals surface area contributed by atoms with Crippen LogP contribution in [0.2, 0.25) is 5.02 Å². The van der Waals surface area contributed by atoms with Gasteiger partial charge >= 0.3 is 0 Å². The highest BCUT2D eigenvalue weighted by molar-refractivity contribution is 6.30. The third kappa shape index (κ3) is 6.37. The van der Waals surface area contributed by atoms with Crippen molar-refractivity contribution in [3.05, 3.63) is 53.1 Å². The largest absolute Gasteiger partial charge is 0.493 e. The van der Waals surface area contributed by atoms with Gasteiger partial charge in [0.15, 0.2) is 11.5 Å². The van der Waals surface area contributed by atoms with E-state index < -0.39 is 0 Å². The molecule has 0 aliphatic carbocycles. The molecule has 2 aromatic rings. The lowest BCUT2D eigenvalue weighted by Gasteiger charge is -2.11. The molecule has 0 saturated carbocycles. The Kier molecular flexibility index (Phi) is 11.0. The van der Waals surface area contributed by atoms with Crippen molar-refractivity contribution in [1.82, 2.24) is 0 Å². The van der Waals surface area contributed by atoms with Gasteiger partial charge in [-0.2, -0.15) is 0 Å². The average Bonchev–Trinajstić information content (AvgIpc) is 2.58. The molecule has 0 saturated heterocycles. The Morgan fingerprint density at radius 1 is 0.955 bits per heavy atom. The third-order valence-electron chi connectivity index (χ3n) is 2.43. The predicted molar refractivity (Wildman–Crippen MR) is 93.1 cm³/mol. The molecule has 0 bridgehead atoms. The minimum absolute atomic E-state index is 0.0457. The molecule has 0 fully saturated rings. The molecule has 1 N–H and O–H groups in total. The highest BCUT2D eigenvalue weighted by Gasteiger charge is 2.07. The van der Waals surface area contributed by atoms with E-state index in [9.17, 15) is 0 Å². The second kappa shape index (κ2) is 11.9. The lowest BCUT2D eigenvalue weighted by molar-refractivity contribution is 0.280. The Bertz CT molecular complexity index is 542. The summed E-state index contributed by atoms with van der Waals surface area (Å²) in [5.41, 5.74) is 0.757. The molecule has 3 nitrogen and oxygen atoms in total. The normalized spacial score (nSPS) is 8.86. The molecule has 0 atom stereocenters. The molecular formula is C18H25ClO3. The van der Waals surface area contributed by atoms with E-state index in [1.807, 2.05) is 27.7 Å². The van der Waals surface area contributed by atoms with E-state index in [4.69, 9.17) is 26.2 Å². The summed E-state index contributed by atoms with van der Waals surface area (Å²) in [6, 6.07) is 12.4. The van der Waals surface area contributed by atoms with E-state index in [0.29, 0.717) is 22.3 Å². The maximum Gasteiger partial charge on any atom is 0.169 e. The Hall–Kier alpha value is -1.71. The van der Waals surface area contributed by atoms with Gasteiger partial charge in [0, 0.05) is 5.02 Å². The number of aliphatic hydroxyl groups excluding tert-OH is 1. The van der Waals surface area contributed by atoms with Crippen LogP contribution in [0.15, 0.2) is 42.5 Å². The molecule has 0 spiro atoms. The molecule has 0 aliphatic rings. The van der Waals surface area contributed by atoms with E-state index in [-0.39, 0.29) is 6.61 Å². The van der Waals surface area contributed by atoms with Gasteiger partial charge in [-0.15, -0.1) is 0 Å². The summed E-state index contributed by atoms with van der Waals surface area (Å²) in [4.78, 5) is 0. The smallest absolute Gasteiger partial charge is 0.169 e. The molecule has 4 heteroatoms. The second-order valence-corrected chi connectivity index (χ2v) is 4.14. The SMILES string of the molecule is CC.CC.COc1ccc(CO)cc1Oc1cccc(Cl)c1. The van der Waals surface area contributed by atoms with Crippen molar-refractivity contribution >= 4 is 11.6 Å². The number of ether oxygens (including phenoxy) is 2. The van der Waals surface area contributed by atoms with Crippen LogP contribution in [-0.4, -0.2) is 12.2 Å². The monoisotopic (exact) mass is 324 g/mol. The van der Waals surface area contributed by atoms with Crippen LogP contribution in [-0.2, 0) is 6.61 Å². The van der Waals surface area contributed by atoms with Crippen LogP contribution in [0.5, 0.6) is 17.2 Å². The lowest BCUT2D eigenvalue weighted by atomic mass is 10.2. The zero-order chi connectivity index (χ0) is 17.0. The predicted octanol–water partition coefficient (Wildman–Crippen LogP) is 5.69. The number of aliphatic hydroxyl groups is 1. The summed E-state index contributed by atoms with van der Waals surface area (Å²) >= 11 is 5.89. The van der Waals surface area contributed by atoms with Crippen LogP contribution >= 0.6 is 11.6 Å². The van der Waals surface area contributed by atoms with E-state index in [0.717, 1.165) is 5.56 Å². The maximum atomic E-state index is 9.12. The summed E-state index contributed by atoms with van der Waals surface area (Å²) in [6.07, 6.45) is 0. The van der Waals surface area contributed by atoms with Crippen LogP contribution in [0, 0.1) is 0 Å². The average molecular weight is 325 g/mol. The highest BCUT2D eigenvalue weighted by Crippen LogP contribution is 2.33. The van der Waals surface area contributed by atoms with Gasteiger partial charge in [-0.3, -0.25) is 0 Å². The number of rotatable bonds is 4. The van der Waals surface area contributed by atoms with E-state index in [1.54, 1.807) is 49.6 Å².